The molecular formula is C25H24Cl2F3NO5. The van der Waals surface area contributed by atoms with Gasteiger partial charge < -0.3 is 19.8 Å². The number of benzene rings is 2. The van der Waals surface area contributed by atoms with Gasteiger partial charge in [-0.2, -0.15) is 13.2 Å². The molecule has 1 amide bonds. The van der Waals surface area contributed by atoms with Crippen LogP contribution < -0.4 is 0 Å². The Bertz CT molecular complexity index is 1150. The van der Waals surface area contributed by atoms with Crippen LogP contribution in [-0.2, 0) is 14.3 Å². The minimum Gasteiger partial charge on any atom is -0.448 e. The normalized spacial score (nSPS) is 25.5. The Labute approximate surface area is 215 Å². The molecule has 0 aliphatic carbocycles. The van der Waals surface area contributed by atoms with Gasteiger partial charge in [0.1, 0.15) is 0 Å². The van der Waals surface area contributed by atoms with Crippen molar-refractivity contribution in [3.8, 4) is 0 Å². The van der Waals surface area contributed by atoms with Gasteiger partial charge in [0.25, 0.3) is 11.7 Å². The maximum Gasteiger partial charge on any atom is 0.442 e. The summed E-state index contributed by atoms with van der Waals surface area (Å²) >= 11 is 12.3. The van der Waals surface area contributed by atoms with Crippen molar-refractivity contribution in [3.63, 3.8) is 0 Å². The lowest BCUT2D eigenvalue weighted by molar-refractivity contribution is -0.354. The third kappa shape index (κ3) is 4.81. The molecule has 2 heterocycles. The van der Waals surface area contributed by atoms with Crippen LogP contribution in [0.4, 0.5) is 13.2 Å². The molecule has 2 N–H and O–H groups in total. The quantitative estimate of drug-likeness (QED) is 0.387. The molecular weight excluding hydrogens is 522 g/mol. The number of aliphatic hydroxyl groups is 2. The number of amides is 1. The smallest absolute Gasteiger partial charge is 0.442 e. The van der Waals surface area contributed by atoms with Crippen LogP contribution in [0.5, 0.6) is 0 Å². The van der Waals surface area contributed by atoms with Crippen LogP contribution in [0.3, 0.4) is 0 Å². The van der Waals surface area contributed by atoms with Crippen molar-refractivity contribution >= 4 is 35.1 Å². The summed E-state index contributed by atoms with van der Waals surface area (Å²) in [6.45, 7) is 1.55. The van der Waals surface area contributed by atoms with Crippen molar-refractivity contribution in [2.45, 2.75) is 68.2 Å². The van der Waals surface area contributed by atoms with Gasteiger partial charge in [0.2, 0.25) is 5.60 Å². The summed E-state index contributed by atoms with van der Waals surface area (Å²) in [7, 11) is 0. The zero-order chi connectivity index (χ0) is 26.5. The summed E-state index contributed by atoms with van der Waals surface area (Å²) in [6.07, 6.45) is -6.70. The molecule has 1 spiro atoms. The number of hydrogen-bond donors (Lipinski definition) is 2. The Morgan fingerprint density at radius 3 is 2.25 bits per heavy atom. The summed E-state index contributed by atoms with van der Waals surface area (Å²) < 4.78 is 45.6. The lowest BCUT2D eigenvalue weighted by Gasteiger charge is -2.55. The van der Waals surface area contributed by atoms with E-state index in [0.29, 0.717) is 21.2 Å². The molecule has 0 bridgehead atoms. The van der Waals surface area contributed by atoms with E-state index in [2.05, 4.69) is 0 Å². The summed E-state index contributed by atoms with van der Waals surface area (Å²) in [4.78, 5) is 26.9. The lowest BCUT2D eigenvalue weighted by atomic mass is 9.70. The second-order valence-electron chi connectivity index (χ2n) is 9.30. The number of hydrogen-bond acceptors (Lipinski definition) is 5. The van der Waals surface area contributed by atoms with Crippen molar-refractivity contribution in [3.05, 3.63) is 69.7 Å². The molecule has 194 valence electrons. The highest BCUT2D eigenvalue weighted by molar-refractivity contribution is 6.30. The molecule has 4 rings (SSSR count). The first kappa shape index (κ1) is 26.7. The summed E-state index contributed by atoms with van der Waals surface area (Å²) in [5.41, 5.74) is -0.302. The van der Waals surface area contributed by atoms with Crippen LogP contribution in [0.25, 0.3) is 0 Å². The standard InChI is InChI=1S/C25H24Cl2F3NO5/c1-2-18(11-24(34,35)25(28,29)30)31-21(14-6-8-16(26)9-7-14)19(15-4-3-5-17(27)10-15)12-23(22(31)33)13-20(32)36-23/h3-10,18-19,21,34-35H,2,11-13H2,1H3. The number of halogens is 5. The number of piperidine rings is 1. The minimum absolute atomic E-state index is 0.0267. The second kappa shape index (κ2) is 9.52. The Hall–Kier alpha value is -2.33. The summed E-state index contributed by atoms with van der Waals surface area (Å²) in [6, 6.07) is 11.3. The number of likely N-dealkylation sites (tertiary alicyclic amines) is 1. The van der Waals surface area contributed by atoms with Gasteiger partial charge in [0.05, 0.1) is 12.5 Å². The van der Waals surface area contributed by atoms with E-state index in [4.69, 9.17) is 27.9 Å². The van der Waals surface area contributed by atoms with E-state index in [1.54, 1.807) is 55.5 Å². The van der Waals surface area contributed by atoms with Gasteiger partial charge >= 0.3 is 12.1 Å². The highest BCUT2D eigenvalue weighted by Gasteiger charge is 2.63. The van der Waals surface area contributed by atoms with Gasteiger partial charge in [-0.3, -0.25) is 9.59 Å². The predicted molar refractivity (Wildman–Crippen MR) is 125 cm³/mol. The van der Waals surface area contributed by atoms with Crippen molar-refractivity contribution in [1.29, 1.82) is 0 Å². The number of ether oxygens (including phenoxy) is 1. The SMILES string of the molecule is CCC(CC(O)(O)C(F)(F)F)N1C(=O)C2(CC(=O)O2)CC(c2cccc(Cl)c2)C1c1ccc(Cl)cc1. The second-order valence-corrected chi connectivity index (χ2v) is 10.2. The minimum atomic E-state index is -5.35. The van der Waals surface area contributed by atoms with E-state index in [0.717, 1.165) is 0 Å². The maximum absolute atomic E-state index is 13.9. The van der Waals surface area contributed by atoms with Crippen LogP contribution in [0, 0.1) is 0 Å². The Balaban J connectivity index is 1.88. The molecule has 0 radical (unpaired) electrons. The highest BCUT2D eigenvalue weighted by Crippen LogP contribution is 2.53. The largest absolute Gasteiger partial charge is 0.448 e. The molecule has 0 aromatic heterocycles. The number of carbonyl (C=O) groups is 2. The number of esters is 1. The van der Waals surface area contributed by atoms with Gasteiger partial charge in [-0.1, -0.05) is 54.4 Å². The first-order chi connectivity index (χ1) is 16.8. The van der Waals surface area contributed by atoms with E-state index in [1.165, 1.54) is 4.90 Å². The van der Waals surface area contributed by atoms with E-state index >= 15 is 0 Å². The van der Waals surface area contributed by atoms with Crippen LogP contribution in [0.2, 0.25) is 10.0 Å². The number of nitrogens with zero attached hydrogens (tertiary/aromatic N) is 1. The highest BCUT2D eigenvalue weighted by atomic mass is 35.5. The average Bonchev–Trinajstić information content (AvgIpc) is 2.78. The fraction of sp³-hybridized carbons (Fsp3) is 0.440. The number of rotatable bonds is 6. The first-order valence-corrected chi connectivity index (χ1v) is 12.1. The van der Waals surface area contributed by atoms with Crippen LogP contribution in [0.15, 0.2) is 48.5 Å². The lowest BCUT2D eigenvalue weighted by Crippen LogP contribution is -2.67. The zero-order valence-electron chi connectivity index (χ0n) is 19.1. The fourth-order valence-corrected chi connectivity index (χ4v) is 5.48. The van der Waals surface area contributed by atoms with Gasteiger partial charge in [-0.15, -0.1) is 0 Å². The van der Waals surface area contributed by atoms with Crippen molar-refractivity contribution in [1.82, 2.24) is 4.90 Å². The van der Waals surface area contributed by atoms with E-state index < -0.39 is 53.9 Å². The Kier molecular flexibility index (Phi) is 7.07. The zero-order valence-corrected chi connectivity index (χ0v) is 20.6. The van der Waals surface area contributed by atoms with E-state index in [9.17, 15) is 33.0 Å². The molecule has 4 atom stereocenters. The molecule has 4 unspecified atom stereocenters. The summed E-state index contributed by atoms with van der Waals surface area (Å²) in [5.74, 6) is -5.85. The molecule has 2 aliphatic rings. The number of carbonyl (C=O) groups excluding carboxylic acids is 2. The predicted octanol–water partition coefficient (Wildman–Crippen LogP) is 5.15. The fourth-order valence-electron chi connectivity index (χ4n) is 5.15. The van der Waals surface area contributed by atoms with Crippen molar-refractivity contribution < 1.29 is 37.7 Å². The Morgan fingerprint density at radius 1 is 1.08 bits per heavy atom. The molecule has 6 nitrogen and oxygen atoms in total. The molecule has 2 saturated heterocycles. The van der Waals surface area contributed by atoms with Crippen molar-refractivity contribution in [2.75, 3.05) is 0 Å². The molecule has 2 fully saturated rings. The maximum atomic E-state index is 13.9. The van der Waals surface area contributed by atoms with Crippen LogP contribution in [0.1, 0.15) is 55.7 Å². The summed E-state index contributed by atoms with van der Waals surface area (Å²) in [5, 5.41) is 20.6. The number of alkyl halides is 3. The molecule has 2 aliphatic heterocycles. The van der Waals surface area contributed by atoms with Gasteiger partial charge in [0.15, 0.2) is 0 Å². The average molecular weight is 546 g/mol. The molecule has 11 heteroatoms. The van der Waals surface area contributed by atoms with Gasteiger partial charge in [-0.25, -0.2) is 0 Å². The Morgan fingerprint density at radius 2 is 1.72 bits per heavy atom. The molecule has 2 aromatic carbocycles. The van der Waals surface area contributed by atoms with E-state index in [1.807, 2.05) is 0 Å². The van der Waals surface area contributed by atoms with E-state index in [-0.39, 0.29) is 19.3 Å². The van der Waals surface area contributed by atoms with Gasteiger partial charge in [0, 0.05) is 34.8 Å². The molecule has 0 saturated carbocycles. The first-order valence-electron chi connectivity index (χ1n) is 11.3. The van der Waals surface area contributed by atoms with Crippen molar-refractivity contribution in [2.24, 2.45) is 0 Å². The monoisotopic (exact) mass is 545 g/mol. The van der Waals surface area contributed by atoms with Crippen LogP contribution >= 0.6 is 23.2 Å². The third-order valence-electron chi connectivity index (χ3n) is 6.92. The topological polar surface area (TPSA) is 87.1 Å². The van der Waals surface area contributed by atoms with Gasteiger partial charge in [-0.05, 0) is 41.8 Å². The molecule has 2 aromatic rings. The third-order valence-corrected chi connectivity index (χ3v) is 7.41. The molecule has 36 heavy (non-hydrogen) atoms. The van der Waals surface area contributed by atoms with Crippen LogP contribution in [-0.4, -0.2) is 50.6 Å².